The van der Waals surface area contributed by atoms with Crippen molar-refractivity contribution in [1.29, 1.82) is 0 Å². The Morgan fingerprint density at radius 1 is 0.398 bits per heavy atom. The highest BCUT2D eigenvalue weighted by Gasteiger charge is 2.48. The standard InChI is InChI=1S/C74H64BN3O5/c1-72(2,3)51-19-28-55(29-20-51)76(58-27-18-46-38-49(15-14-47(46)39-58)66-42-48-12-10-11-13-63(48)83-66)54-25-16-45(17-26-54)50-40-61-67-62(41-50)78(57-32-23-53(24-33-57)74(7,8)9)69-60(35-37-65-71(69)82-44-80-65)75(67)59-34-36-64-70(81-43-79-64)68(59)77(61)56-30-21-52(22-31-56)73(4,5)6/h10-42H,43-44H2,1-9H3. The van der Waals surface area contributed by atoms with Crippen molar-refractivity contribution in [3.63, 3.8) is 0 Å². The average molecular weight is 1090 g/mol. The molecule has 0 unspecified atom stereocenters. The van der Waals surface area contributed by atoms with Gasteiger partial charge in [-0.05, 0) is 174 Å². The monoisotopic (exact) mass is 1090 g/mol. The van der Waals surface area contributed by atoms with Crippen LogP contribution in [0.3, 0.4) is 0 Å². The van der Waals surface area contributed by atoms with Gasteiger partial charge in [0.05, 0.1) is 11.4 Å². The van der Waals surface area contributed by atoms with Gasteiger partial charge in [-0.25, -0.2) is 0 Å². The van der Waals surface area contributed by atoms with Crippen LogP contribution >= 0.6 is 0 Å². The number of furan rings is 1. The van der Waals surface area contributed by atoms with Gasteiger partial charge in [0, 0.05) is 50.8 Å². The normalized spacial score (nSPS) is 14.1. The van der Waals surface area contributed by atoms with E-state index in [0.29, 0.717) is 0 Å². The first-order chi connectivity index (χ1) is 40.0. The van der Waals surface area contributed by atoms with Gasteiger partial charge >= 0.3 is 0 Å². The number of hydrogen-bond acceptors (Lipinski definition) is 8. The summed E-state index contributed by atoms with van der Waals surface area (Å²) in [5, 5.41) is 3.37. The Balaban J connectivity index is 0.919. The fraction of sp³-hybridized carbons (Fsp3) is 0.189. The van der Waals surface area contributed by atoms with Gasteiger partial charge < -0.3 is 38.1 Å². The zero-order chi connectivity index (χ0) is 56.7. The summed E-state index contributed by atoms with van der Waals surface area (Å²) in [4.78, 5) is 7.21. The second kappa shape index (κ2) is 18.6. The van der Waals surface area contributed by atoms with Crippen molar-refractivity contribution < 1.29 is 23.4 Å². The molecule has 11 aromatic rings. The second-order valence-electron chi connectivity index (χ2n) is 25.7. The maximum absolute atomic E-state index is 6.55. The quantitative estimate of drug-likeness (QED) is 0.146. The van der Waals surface area contributed by atoms with Crippen molar-refractivity contribution in [2.75, 3.05) is 28.3 Å². The lowest BCUT2D eigenvalue weighted by molar-refractivity contribution is 0.174. The number of anilines is 9. The molecule has 0 atom stereocenters. The number of para-hydroxylation sites is 1. The lowest BCUT2D eigenvalue weighted by Crippen LogP contribution is -2.61. The fourth-order valence-electron chi connectivity index (χ4n) is 12.8. The first-order valence-electron chi connectivity index (χ1n) is 28.9. The number of fused-ring (bicyclic) bond motifs is 10. The molecule has 15 rings (SSSR count). The summed E-state index contributed by atoms with van der Waals surface area (Å²) in [6.07, 6.45) is 0. The molecule has 0 amide bonds. The van der Waals surface area contributed by atoms with Crippen molar-refractivity contribution >= 4 is 96.0 Å². The van der Waals surface area contributed by atoms with Gasteiger partial charge in [0.15, 0.2) is 23.0 Å². The molecule has 408 valence electrons. The van der Waals surface area contributed by atoms with E-state index in [1.165, 1.54) is 22.2 Å². The summed E-state index contributed by atoms with van der Waals surface area (Å²) >= 11 is 0. The van der Waals surface area contributed by atoms with Gasteiger partial charge in [-0.1, -0.05) is 159 Å². The zero-order valence-corrected chi connectivity index (χ0v) is 48.4. The van der Waals surface area contributed by atoms with Crippen LogP contribution < -0.4 is 50.0 Å². The van der Waals surface area contributed by atoms with Crippen LogP contribution in [0.4, 0.5) is 51.2 Å². The number of benzene rings is 10. The van der Waals surface area contributed by atoms with E-state index in [2.05, 4.69) is 259 Å². The lowest BCUT2D eigenvalue weighted by Gasteiger charge is -2.44. The molecule has 0 N–H and O–H groups in total. The van der Waals surface area contributed by atoms with Gasteiger partial charge in [0.25, 0.3) is 6.71 Å². The van der Waals surface area contributed by atoms with E-state index in [1.807, 2.05) is 18.2 Å². The number of hydrogen-bond donors (Lipinski definition) is 0. The third-order valence-electron chi connectivity index (χ3n) is 17.3. The summed E-state index contributed by atoms with van der Waals surface area (Å²) in [7, 11) is 0. The van der Waals surface area contributed by atoms with Crippen LogP contribution in [0.5, 0.6) is 23.0 Å². The first-order valence-corrected chi connectivity index (χ1v) is 28.9. The Morgan fingerprint density at radius 3 is 1.40 bits per heavy atom. The van der Waals surface area contributed by atoms with Crippen LogP contribution in [-0.4, -0.2) is 20.3 Å². The highest BCUT2D eigenvalue weighted by atomic mass is 16.7. The number of rotatable bonds is 7. The summed E-state index contributed by atoms with van der Waals surface area (Å²) < 4.78 is 31.8. The molecule has 83 heavy (non-hydrogen) atoms. The van der Waals surface area contributed by atoms with E-state index < -0.39 is 0 Å². The molecule has 0 radical (unpaired) electrons. The van der Waals surface area contributed by atoms with E-state index >= 15 is 0 Å². The highest BCUT2D eigenvalue weighted by molar-refractivity contribution is 7.00. The number of nitrogens with zero attached hydrogens (tertiary/aromatic N) is 3. The van der Waals surface area contributed by atoms with E-state index in [0.717, 1.165) is 129 Å². The Kier molecular flexibility index (Phi) is 11.3. The molecule has 0 aliphatic carbocycles. The maximum Gasteiger partial charge on any atom is 0.252 e. The van der Waals surface area contributed by atoms with Crippen LogP contribution in [0.1, 0.15) is 79.0 Å². The molecule has 9 heteroatoms. The van der Waals surface area contributed by atoms with Crippen LogP contribution in [0.2, 0.25) is 0 Å². The molecular weight excluding hydrogens is 1020 g/mol. The van der Waals surface area contributed by atoms with Crippen LogP contribution in [0.15, 0.2) is 205 Å². The summed E-state index contributed by atoms with van der Waals surface area (Å²) in [6, 6.07) is 73.4. The van der Waals surface area contributed by atoms with E-state index in [1.54, 1.807) is 0 Å². The third kappa shape index (κ3) is 8.41. The van der Waals surface area contributed by atoms with Crippen LogP contribution in [-0.2, 0) is 16.2 Å². The molecule has 5 heterocycles. The Morgan fingerprint density at radius 2 is 0.867 bits per heavy atom. The Hall–Kier alpha value is -9.34. The van der Waals surface area contributed by atoms with Crippen LogP contribution in [0.25, 0.3) is 44.2 Å². The summed E-state index contributed by atoms with van der Waals surface area (Å²) in [5.74, 6) is 3.80. The maximum atomic E-state index is 6.55. The molecule has 8 nitrogen and oxygen atoms in total. The Labute approximate surface area is 486 Å². The van der Waals surface area contributed by atoms with Gasteiger partial charge in [-0.15, -0.1) is 0 Å². The van der Waals surface area contributed by atoms with E-state index in [9.17, 15) is 0 Å². The molecule has 0 bridgehead atoms. The van der Waals surface area contributed by atoms with E-state index in [-0.39, 0.29) is 36.5 Å². The van der Waals surface area contributed by atoms with Gasteiger partial charge in [0.1, 0.15) is 11.3 Å². The summed E-state index contributed by atoms with van der Waals surface area (Å²) in [5.41, 5.74) is 20.5. The Bertz CT molecular complexity index is 4210. The average Bonchev–Trinajstić information content (AvgIpc) is 3.93. The molecule has 10 aromatic carbocycles. The van der Waals surface area contributed by atoms with Crippen LogP contribution in [0, 0.1) is 0 Å². The van der Waals surface area contributed by atoms with Crippen molar-refractivity contribution in [3.05, 3.63) is 217 Å². The van der Waals surface area contributed by atoms with Gasteiger partial charge in [0.2, 0.25) is 13.6 Å². The minimum absolute atomic E-state index is 0.00248. The molecule has 1 aromatic heterocycles. The van der Waals surface area contributed by atoms with Crippen molar-refractivity contribution in [2.45, 2.75) is 78.6 Å². The zero-order valence-electron chi connectivity index (χ0n) is 48.4. The number of ether oxygens (including phenoxy) is 4. The predicted molar refractivity (Wildman–Crippen MR) is 342 cm³/mol. The highest BCUT2D eigenvalue weighted by Crippen LogP contribution is 2.54. The van der Waals surface area contributed by atoms with Gasteiger partial charge in [-0.3, -0.25) is 0 Å². The molecule has 0 spiro atoms. The van der Waals surface area contributed by atoms with E-state index in [4.69, 9.17) is 23.4 Å². The second-order valence-corrected chi connectivity index (χ2v) is 25.7. The molecule has 0 saturated heterocycles. The smallest absolute Gasteiger partial charge is 0.252 e. The minimum Gasteiger partial charge on any atom is -0.456 e. The fourth-order valence-corrected chi connectivity index (χ4v) is 12.8. The molecule has 4 aliphatic rings. The lowest BCUT2D eigenvalue weighted by atomic mass is 9.33. The molecule has 4 aliphatic heterocycles. The SMILES string of the molecule is CC(C)(C)c1ccc(N(c2ccc(-c3cc4c5c(c3)N(c3ccc(C(C)(C)C)cc3)c3c(ccc6c3OCO6)B5c3ccc5c(c3N4c3ccc(C(C)(C)C)cc3)OCO5)cc2)c2ccc3cc(-c4cc5ccccc5o4)ccc3c2)cc1. The topological polar surface area (TPSA) is 59.8 Å². The van der Waals surface area contributed by atoms with Crippen molar-refractivity contribution in [3.8, 4) is 45.4 Å². The van der Waals surface area contributed by atoms with Gasteiger partial charge in [-0.2, -0.15) is 0 Å². The third-order valence-corrected chi connectivity index (χ3v) is 17.3. The molecular formula is C74H64BN3O5. The van der Waals surface area contributed by atoms with Crippen molar-refractivity contribution in [2.24, 2.45) is 0 Å². The predicted octanol–water partition coefficient (Wildman–Crippen LogP) is 17.8. The molecule has 0 fully saturated rings. The summed E-state index contributed by atoms with van der Waals surface area (Å²) in [6.45, 7) is 20.5. The first kappa shape index (κ1) is 50.6. The minimum atomic E-state index is -0.197. The molecule has 0 saturated carbocycles. The largest absolute Gasteiger partial charge is 0.456 e. The van der Waals surface area contributed by atoms with Crippen molar-refractivity contribution in [1.82, 2.24) is 0 Å².